The average molecular weight is 443 g/mol. The third kappa shape index (κ3) is 5.24. The van der Waals surface area contributed by atoms with Gasteiger partial charge in [-0.15, -0.1) is 0 Å². The van der Waals surface area contributed by atoms with Gasteiger partial charge >= 0.3 is 12.1 Å². The Morgan fingerprint density at radius 3 is 2.61 bits per heavy atom. The maximum Gasteiger partial charge on any atom is 0.490 e. The number of halogens is 3. The van der Waals surface area contributed by atoms with Crippen molar-refractivity contribution >= 4 is 11.9 Å². The van der Waals surface area contributed by atoms with E-state index in [0.717, 1.165) is 32.5 Å². The van der Waals surface area contributed by atoms with Crippen molar-refractivity contribution in [3.8, 4) is 0 Å². The minimum absolute atomic E-state index is 0.0991. The van der Waals surface area contributed by atoms with Crippen molar-refractivity contribution in [2.75, 3.05) is 20.1 Å². The third-order valence-corrected chi connectivity index (χ3v) is 5.85. The van der Waals surface area contributed by atoms with Crippen LogP contribution in [0.5, 0.6) is 0 Å². The Bertz CT molecular complexity index is 899. The minimum atomic E-state index is -5.08. The molecule has 2 fully saturated rings. The van der Waals surface area contributed by atoms with Crippen molar-refractivity contribution < 1.29 is 32.3 Å². The van der Waals surface area contributed by atoms with E-state index in [1.54, 1.807) is 25.0 Å². The van der Waals surface area contributed by atoms with E-state index in [0.29, 0.717) is 29.3 Å². The molecule has 3 atom stereocenters. The molecule has 2 aromatic heterocycles. The fraction of sp³-hybridized carbons (Fsp3) is 0.579. The SMILES string of the molecule is Cc1occc1C(=O)N1CC[C@H]2[C@H](C[C@@H](Cn3cncn3)N2C)C1.O=C(O)C(F)(F)F. The molecule has 0 bridgehead atoms. The Kier molecular flexibility index (Phi) is 6.68. The van der Waals surface area contributed by atoms with Crippen LogP contribution in [0.1, 0.15) is 29.0 Å². The standard InChI is InChI=1S/C17H23N5O2.C2HF3O2/c1-12-15(4-6-24-12)17(23)21-5-3-16-13(8-21)7-14(20(16)2)9-22-11-18-10-19-22;3-2(4,5)1(6)7/h4,6,10-11,13-14,16H,3,5,7-9H2,1-2H3;(H,6,7)/t13-,14+,16+;/m1./s1. The molecule has 0 radical (unpaired) electrons. The van der Waals surface area contributed by atoms with Gasteiger partial charge in [0.1, 0.15) is 18.4 Å². The summed E-state index contributed by atoms with van der Waals surface area (Å²) in [5.41, 5.74) is 0.693. The molecule has 2 saturated heterocycles. The Hall–Kier alpha value is -2.89. The summed E-state index contributed by atoms with van der Waals surface area (Å²) < 4.78 is 38.9. The summed E-state index contributed by atoms with van der Waals surface area (Å²) in [5, 5.41) is 11.3. The number of piperidine rings is 1. The molecule has 0 spiro atoms. The van der Waals surface area contributed by atoms with Crippen molar-refractivity contribution in [3.05, 3.63) is 36.3 Å². The number of carboxylic acids is 1. The minimum Gasteiger partial charge on any atom is -0.475 e. The van der Waals surface area contributed by atoms with Gasteiger partial charge in [0.2, 0.25) is 0 Å². The first-order valence-corrected chi connectivity index (χ1v) is 9.75. The second-order valence-corrected chi connectivity index (χ2v) is 7.73. The number of rotatable bonds is 3. The quantitative estimate of drug-likeness (QED) is 0.774. The molecule has 1 amide bonds. The van der Waals surface area contributed by atoms with E-state index in [2.05, 4.69) is 22.0 Å². The van der Waals surface area contributed by atoms with Gasteiger partial charge in [0.25, 0.3) is 5.91 Å². The average Bonchev–Trinajstić information content (AvgIpc) is 3.43. The molecule has 0 unspecified atom stereocenters. The van der Waals surface area contributed by atoms with Crippen molar-refractivity contribution in [1.82, 2.24) is 24.6 Å². The molecule has 31 heavy (non-hydrogen) atoms. The summed E-state index contributed by atoms with van der Waals surface area (Å²) in [6, 6.07) is 2.78. The molecule has 4 heterocycles. The maximum atomic E-state index is 12.7. The lowest BCUT2D eigenvalue weighted by Gasteiger charge is -2.37. The lowest BCUT2D eigenvalue weighted by molar-refractivity contribution is -0.192. The van der Waals surface area contributed by atoms with Crippen LogP contribution in [-0.2, 0) is 11.3 Å². The number of alkyl halides is 3. The van der Waals surface area contributed by atoms with E-state index in [-0.39, 0.29) is 5.91 Å². The molecule has 0 saturated carbocycles. The number of carboxylic acid groups (broad SMARTS) is 1. The number of nitrogens with zero attached hydrogens (tertiary/aromatic N) is 5. The van der Waals surface area contributed by atoms with Crippen molar-refractivity contribution in [3.63, 3.8) is 0 Å². The van der Waals surface area contributed by atoms with Crippen molar-refractivity contribution in [2.45, 2.75) is 44.6 Å². The van der Waals surface area contributed by atoms with Gasteiger partial charge in [0.05, 0.1) is 18.4 Å². The molecule has 9 nitrogen and oxygen atoms in total. The monoisotopic (exact) mass is 443 g/mol. The Balaban J connectivity index is 0.000000339. The summed E-state index contributed by atoms with van der Waals surface area (Å²) in [7, 11) is 2.20. The highest BCUT2D eigenvalue weighted by atomic mass is 19.4. The molecule has 12 heteroatoms. The van der Waals surface area contributed by atoms with Crippen LogP contribution >= 0.6 is 0 Å². The molecule has 2 aromatic rings. The van der Waals surface area contributed by atoms with E-state index < -0.39 is 12.1 Å². The summed E-state index contributed by atoms with van der Waals surface area (Å²) in [4.78, 5) is 30.1. The predicted molar refractivity (Wildman–Crippen MR) is 101 cm³/mol. The molecule has 0 aliphatic carbocycles. The number of amides is 1. The van der Waals surface area contributed by atoms with Gasteiger partial charge in [-0.05, 0) is 38.8 Å². The lowest BCUT2D eigenvalue weighted by Crippen LogP contribution is -2.47. The van der Waals surface area contributed by atoms with Crippen LogP contribution in [0, 0.1) is 12.8 Å². The van der Waals surface area contributed by atoms with Crippen LogP contribution < -0.4 is 0 Å². The van der Waals surface area contributed by atoms with Gasteiger partial charge in [0, 0.05) is 25.2 Å². The topological polar surface area (TPSA) is 105 Å². The fourth-order valence-electron chi connectivity index (χ4n) is 4.28. The Morgan fingerprint density at radius 1 is 1.35 bits per heavy atom. The molecule has 170 valence electrons. The summed E-state index contributed by atoms with van der Waals surface area (Å²) >= 11 is 0. The number of furan rings is 1. The van der Waals surface area contributed by atoms with Crippen molar-refractivity contribution in [1.29, 1.82) is 0 Å². The van der Waals surface area contributed by atoms with Crippen molar-refractivity contribution in [2.24, 2.45) is 5.92 Å². The highest BCUT2D eigenvalue weighted by Crippen LogP contribution is 2.35. The van der Waals surface area contributed by atoms with Crippen LogP contribution in [0.4, 0.5) is 13.2 Å². The van der Waals surface area contributed by atoms with Crippen LogP contribution in [-0.4, -0.2) is 79.9 Å². The normalized spacial score (nSPS) is 23.8. The van der Waals surface area contributed by atoms with E-state index in [9.17, 15) is 18.0 Å². The van der Waals surface area contributed by atoms with E-state index in [1.807, 2.05) is 16.5 Å². The highest BCUT2D eigenvalue weighted by Gasteiger charge is 2.43. The second kappa shape index (κ2) is 9.08. The van der Waals surface area contributed by atoms with Crippen LogP contribution in [0.25, 0.3) is 0 Å². The first-order valence-electron chi connectivity index (χ1n) is 9.75. The number of hydrogen-bond acceptors (Lipinski definition) is 6. The molecule has 1 N–H and O–H groups in total. The summed E-state index contributed by atoms with van der Waals surface area (Å²) in [5.74, 6) is -1.43. The van der Waals surface area contributed by atoms with E-state index in [1.165, 1.54) is 0 Å². The lowest BCUT2D eigenvalue weighted by atomic mass is 9.91. The van der Waals surface area contributed by atoms with E-state index in [4.69, 9.17) is 14.3 Å². The first-order chi connectivity index (χ1) is 14.6. The number of carbonyl (C=O) groups is 2. The van der Waals surface area contributed by atoms with Gasteiger partial charge in [-0.25, -0.2) is 9.78 Å². The fourth-order valence-corrected chi connectivity index (χ4v) is 4.28. The molecule has 4 rings (SSSR count). The van der Waals surface area contributed by atoms with Gasteiger partial charge in [-0.1, -0.05) is 0 Å². The number of fused-ring (bicyclic) bond motifs is 1. The predicted octanol–water partition coefficient (Wildman–Crippen LogP) is 2.05. The zero-order valence-corrected chi connectivity index (χ0v) is 17.1. The van der Waals surface area contributed by atoms with Gasteiger partial charge in [-0.2, -0.15) is 18.3 Å². The zero-order valence-electron chi connectivity index (χ0n) is 17.1. The number of likely N-dealkylation sites (tertiary alicyclic amines) is 2. The summed E-state index contributed by atoms with van der Waals surface area (Å²) in [6.45, 7) is 4.34. The second-order valence-electron chi connectivity index (χ2n) is 7.73. The Labute approximate surface area is 176 Å². The third-order valence-electron chi connectivity index (χ3n) is 5.85. The van der Waals surface area contributed by atoms with Crippen LogP contribution in [0.3, 0.4) is 0 Å². The number of aryl methyl sites for hydroxylation is 1. The zero-order chi connectivity index (χ0) is 22.8. The largest absolute Gasteiger partial charge is 0.490 e. The highest BCUT2D eigenvalue weighted by molar-refractivity contribution is 5.95. The summed E-state index contributed by atoms with van der Waals surface area (Å²) in [6.07, 6.45) is 1.97. The molecule has 2 aliphatic rings. The number of likely N-dealkylation sites (N-methyl/N-ethyl adjacent to an activating group) is 1. The molecular weight excluding hydrogens is 419 g/mol. The first kappa shape index (κ1) is 22.8. The van der Waals surface area contributed by atoms with Gasteiger partial charge < -0.3 is 14.4 Å². The van der Waals surface area contributed by atoms with E-state index >= 15 is 0 Å². The Morgan fingerprint density at radius 2 is 2.06 bits per heavy atom. The smallest absolute Gasteiger partial charge is 0.475 e. The molecule has 0 aromatic carbocycles. The molecule has 2 aliphatic heterocycles. The number of hydrogen-bond donors (Lipinski definition) is 1. The number of aromatic nitrogens is 3. The molecular formula is C19H24F3N5O4. The van der Waals surface area contributed by atoms with Gasteiger partial charge in [-0.3, -0.25) is 14.4 Å². The van der Waals surface area contributed by atoms with Gasteiger partial charge in [0.15, 0.2) is 0 Å². The maximum absolute atomic E-state index is 12.7. The van der Waals surface area contributed by atoms with Crippen LogP contribution in [0.2, 0.25) is 0 Å². The number of aliphatic carboxylic acids is 1. The van der Waals surface area contributed by atoms with Crippen LogP contribution in [0.15, 0.2) is 29.4 Å². The number of carbonyl (C=O) groups excluding carboxylic acids is 1.